The summed E-state index contributed by atoms with van der Waals surface area (Å²) in [5.74, 6) is -1.21. The van der Waals surface area contributed by atoms with Crippen molar-refractivity contribution < 1.29 is 30.0 Å². The number of H-pyrrole nitrogens is 1. The van der Waals surface area contributed by atoms with Crippen LogP contribution in [-0.2, 0) is 21.7 Å². The number of carbonyl (C=O) groups is 1. The first-order chi connectivity index (χ1) is 10.8. The maximum absolute atomic E-state index is 11.8. The Balaban J connectivity index is 2.60. The second-order valence-electron chi connectivity index (χ2n) is 5.18. The molecule has 0 amide bonds. The first kappa shape index (κ1) is 18.0. The number of carboxylic acid groups (broad SMARTS) is 1. The number of hydrogen-bond donors (Lipinski definition) is 6. The summed E-state index contributed by atoms with van der Waals surface area (Å²) in [6.45, 7) is -0.839. The third-order valence-corrected chi connectivity index (χ3v) is 4.39. The summed E-state index contributed by atoms with van der Waals surface area (Å²) in [7, 11) is 0. The van der Waals surface area contributed by atoms with Crippen molar-refractivity contribution in [2.75, 3.05) is 13.2 Å². The number of rotatable bonds is 5. The van der Waals surface area contributed by atoms with Crippen LogP contribution in [0.4, 0.5) is 0 Å². The van der Waals surface area contributed by atoms with Crippen molar-refractivity contribution in [1.29, 1.82) is 0 Å². The van der Waals surface area contributed by atoms with Crippen molar-refractivity contribution in [1.82, 2.24) is 9.55 Å². The Hall–Kier alpha value is -1.33. The molecule has 0 saturated carbocycles. The minimum absolute atomic E-state index is 0.0814. The molecule has 23 heavy (non-hydrogen) atoms. The van der Waals surface area contributed by atoms with E-state index in [1.807, 2.05) is 0 Å². The van der Waals surface area contributed by atoms with E-state index in [4.69, 9.17) is 15.6 Å². The van der Waals surface area contributed by atoms with Crippen molar-refractivity contribution in [2.45, 2.75) is 30.5 Å². The van der Waals surface area contributed by atoms with Crippen LogP contribution in [0.2, 0.25) is 0 Å². The van der Waals surface area contributed by atoms with E-state index in [9.17, 15) is 24.9 Å². The van der Waals surface area contributed by atoms with Crippen LogP contribution in [0, 0.1) is 4.32 Å². The van der Waals surface area contributed by atoms with Crippen LogP contribution in [-0.4, -0.2) is 83.0 Å². The normalized spacial score (nSPS) is 30.5. The van der Waals surface area contributed by atoms with E-state index in [2.05, 4.69) is 20.6 Å². The summed E-state index contributed by atoms with van der Waals surface area (Å²) in [6, 6.07) is 0. The number of ether oxygens (including phenoxy) is 1. The van der Waals surface area contributed by atoms with Gasteiger partial charge in [-0.15, -0.1) is 0 Å². The number of aliphatic hydroxyl groups excluding tert-OH is 3. The van der Waals surface area contributed by atoms with E-state index in [0.717, 1.165) is 0 Å². The van der Waals surface area contributed by atoms with Gasteiger partial charge in [-0.2, -0.15) is 0 Å². The quantitative estimate of drug-likeness (QED) is 0.276. The van der Waals surface area contributed by atoms with Crippen LogP contribution in [0.1, 0.15) is 5.56 Å². The average Bonchev–Trinajstić information content (AvgIpc) is 2.74. The second kappa shape index (κ2) is 6.65. The number of nitrogens with two attached hydrogens (primary N) is 1. The molecule has 0 unspecified atom stereocenters. The van der Waals surface area contributed by atoms with E-state index < -0.39 is 48.6 Å². The van der Waals surface area contributed by atoms with Gasteiger partial charge in [-0.25, -0.2) is 0 Å². The molecule has 1 saturated heterocycles. The van der Waals surface area contributed by atoms with Crippen molar-refractivity contribution >= 4 is 21.5 Å². The molecule has 1 aromatic rings. The number of aliphatic carboxylic acids is 1. The average molecular weight is 394 g/mol. The van der Waals surface area contributed by atoms with Crippen molar-refractivity contribution in [3.8, 4) is 0 Å². The zero-order valence-corrected chi connectivity index (χ0v) is 13.6. The predicted molar refractivity (Wildman–Crippen MR) is 76.4 cm³/mol. The third-order valence-electron chi connectivity index (χ3n) is 3.76. The molecule has 1 fully saturated rings. The van der Waals surface area contributed by atoms with E-state index >= 15 is 0 Å². The zero-order valence-electron chi connectivity index (χ0n) is 11.9. The van der Waals surface area contributed by atoms with Crippen molar-refractivity contribution in [3.63, 3.8) is 0 Å². The van der Waals surface area contributed by atoms with Crippen LogP contribution >= 0.6 is 0 Å². The molecule has 128 valence electrons. The first-order valence-corrected chi connectivity index (χ1v) is 7.54. The van der Waals surface area contributed by atoms with Gasteiger partial charge in [0.15, 0.2) is 0 Å². The molecule has 0 bridgehead atoms. The van der Waals surface area contributed by atoms with Gasteiger partial charge in [-0.05, 0) is 0 Å². The number of aromatic nitrogens is 2. The summed E-state index contributed by atoms with van der Waals surface area (Å²) in [5.41, 5.74) is 3.35. The Kier molecular flexibility index (Phi) is 5.21. The van der Waals surface area contributed by atoms with Crippen molar-refractivity contribution in [2.24, 2.45) is 5.73 Å². The molecule has 0 radical (unpaired) electrons. The number of carboxylic acids is 1. The van der Waals surface area contributed by atoms with E-state index in [1.165, 1.54) is 10.8 Å². The van der Waals surface area contributed by atoms with Crippen LogP contribution in [0.15, 0.2) is 11.0 Å². The predicted octanol–water partition coefficient (Wildman–Crippen LogP) is -3.77. The summed E-state index contributed by atoms with van der Waals surface area (Å²) >= 11 is 2.57. The van der Waals surface area contributed by atoms with Gasteiger partial charge in [0, 0.05) is 0 Å². The Morgan fingerprint density at radius 1 is 1.52 bits per heavy atom. The molecule has 1 aliphatic rings. The van der Waals surface area contributed by atoms with Gasteiger partial charge in [0.1, 0.15) is 0 Å². The molecule has 2 heterocycles. The Labute approximate surface area is 137 Å². The minimum atomic E-state index is -1.66. The molecule has 0 aliphatic carbocycles. The Bertz CT molecular complexity index is 717. The Morgan fingerprint density at radius 3 is 2.65 bits per heavy atom. The topological polar surface area (TPSA) is 171 Å². The summed E-state index contributed by atoms with van der Waals surface area (Å²) in [6.07, 6.45) is -3.31. The van der Waals surface area contributed by atoms with E-state index in [1.54, 1.807) is 0 Å². The fraction of sp³-hybridized carbons (Fsp3) is 0.583. The number of aromatic amines is 1. The molecule has 1 aliphatic heterocycles. The fourth-order valence-electron chi connectivity index (χ4n) is 2.56. The van der Waals surface area contributed by atoms with E-state index in [0.29, 0.717) is 0 Å². The van der Waals surface area contributed by atoms with Crippen LogP contribution in [0.5, 0.6) is 0 Å². The number of aliphatic hydroxyl groups is 3. The van der Waals surface area contributed by atoms with Gasteiger partial charge in [0.05, 0.1) is 0 Å². The van der Waals surface area contributed by atoms with E-state index in [-0.39, 0.29) is 16.4 Å². The molecule has 10 nitrogen and oxygen atoms in total. The van der Waals surface area contributed by atoms with Gasteiger partial charge in [0.2, 0.25) is 0 Å². The Morgan fingerprint density at radius 2 is 2.17 bits per heavy atom. The van der Waals surface area contributed by atoms with Gasteiger partial charge >= 0.3 is 137 Å². The summed E-state index contributed by atoms with van der Waals surface area (Å²) in [5, 5.41) is 38.4. The van der Waals surface area contributed by atoms with Gasteiger partial charge in [0.25, 0.3) is 0 Å². The SMILES string of the molecule is NC[C@@]1(n2cc(CC(=O)O)c(=O)[nH]c2=[Se])O[C@H](CO)[C@@H](O)[C@H]1O. The molecule has 2 rings (SSSR count). The van der Waals surface area contributed by atoms with Gasteiger partial charge < -0.3 is 0 Å². The third kappa shape index (κ3) is 3.04. The fourth-order valence-corrected chi connectivity index (χ4v) is 3.19. The molecule has 1 aromatic heterocycles. The standard InChI is InChI=1S/C12H17N3O7Se/c13-4-12(9(20)8(19)6(3-16)22-12)15-2-5(1-7(17)18)10(21)14-11(15)23/h2,6,8-9,16,19-20H,1,3-4,13H2,(H,17,18)(H,14,21,23)/t6-,8-,9-,12-/m1/s1. The second-order valence-corrected chi connectivity index (χ2v) is 5.99. The van der Waals surface area contributed by atoms with Gasteiger partial charge in [-0.3, -0.25) is 0 Å². The molecule has 7 N–H and O–H groups in total. The molecular weight excluding hydrogens is 377 g/mol. The number of nitrogens with one attached hydrogen (secondary N) is 1. The molecule has 0 aromatic carbocycles. The molecule has 4 atom stereocenters. The molecular formula is C12H17N3O7Se. The summed E-state index contributed by atoms with van der Waals surface area (Å²) in [4.78, 5) is 25.1. The van der Waals surface area contributed by atoms with Crippen molar-refractivity contribution in [3.05, 3.63) is 26.4 Å². The summed E-state index contributed by atoms with van der Waals surface area (Å²) < 4.78 is 6.89. The van der Waals surface area contributed by atoms with Crippen LogP contribution in [0.25, 0.3) is 0 Å². The molecule has 0 spiro atoms. The number of nitrogens with zero attached hydrogens (tertiary/aromatic N) is 1. The van der Waals surface area contributed by atoms with Crippen LogP contribution < -0.4 is 11.3 Å². The molecule has 11 heteroatoms. The number of hydrogen-bond acceptors (Lipinski definition) is 7. The maximum atomic E-state index is 11.8. The van der Waals surface area contributed by atoms with Gasteiger partial charge in [-0.1, -0.05) is 0 Å². The first-order valence-electron chi connectivity index (χ1n) is 6.69. The monoisotopic (exact) mass is 395 g/mol. The van der Waals surface area contributed by atoms with Crippen LogP contribution in [0.3, 0.4) is 0 Å². The zero-order chi connectivity index (χ0) is 17.4.